The highest BCUT2D eigenvalue weighted by atomic mass is 16.7. The van der Waals surface area contributed by atoms with Gasteiger partial charge in [0.25, 0.3) is 0 Å². The predicted molar refractivity (Wildman–Crippen MR) is 70.4 cm³/mol. The maximum Gasteiger partial charge on any atom is 0.340 e. The molecule has 1 N–H and O–H groups in total. The van der Waals surface area contributed by atoms with Crippen molar-refractivity contribution in [1.29, 1.82) is 0 Å². The number of rotatable bonds is 2. The van der Waals surface area contributed by atoms with Gasteiger partial charge in [0.1, 0.15) is 0 Å². The van der Waals surface area contributed by atoms with Crippen molar-refractivity contribution < 1.29 is 14.4 Å². The number of anilines is 1. The van der Waals surface area contributed by atoms with Crippen molar-refractivity contribution in [2.45, 2.75) is 0 Å². The van der Waals surface area contributed by atoms with Crippen molar-refractivity contribution in [2.75, 3.05) is 38.4 Å². The monoisotopic (exact) mass is 263 g/mol. The van der Waals surface area contributed by atoms with Crippen LogP contribution in [-0.4, -0.2) is 50.0 Å². The van der Waals surface area contributed by atoms with Gasteiger partial charge in [-0.15, -0.1) is 0 Å². The highest BCUT2D eigenvalue weighted by Crippen LogP contribution is 2.14. The van der Waals surface area contributed by atoms with Crippen LogP contribution in [0.1, 0.15) is 0 Å². The minimum atomic E-state index is -0.671. The first kappa shape index (κ1) is 13.5. The Balaban J connectivity index is 2.10. The molecular weight excluding hydrogens is 246 g/mol. The number of benzene rings is 1. The average Bonchev–Trinajstić information content (AvgIpc) is 2.49. The standard InChI is InChI=1S/C13H17N3O3/c1-19-16(11-5-3-2-4-6-11)13(18)12(17)15-9-7-14-8-10-15/h2-6,14H,7-10H2,1H3. The van der Waals surface area contributed by atoms with Crippen LogP contribution in [0.5, 0.6) is 0 Å². The summed E-state index contributed by atoms with van der Waals surface area (Å²) in [5, 5.41) is 4.15. The van der Waals surface area contributed by atoms with Crippen LogP contribution >= 0.6 is 0 Å². The number of hydrogen-bond acceptors (Lipinski definition) is 4. The highest BCUT2D eigenvalue weighted by Gasteiger charge is 2.29. The summed E-state index contributed by atoms with van der Waals surface area (Å²) < 4.78 is 0. The lowest BCUT2D eigenvalue weighted by Crippen LogP contribution is -2.52. The first-order valence-corrected chi connectivity index (χ1v) is 6.17. The Morgan fingerprint density at radius 1 is 1.21 bits per heavy atom. The van der Waals surface area contributed by atoms with E-state index in [0.717, 1.165) is 5.06 Å². The van der Waals surface area contributed by atoms with Crippen molar-refractivity contribution in [3.8, 4) is 0 Å². The molecule has 1 aliphatic heterocycles. The van der Waals surface area contributed by atoms with Crippen molar-refractivity contribution >= 4 is 17.5 Å². The molecule has 102 valence electrons. The zero-order valence-electron chi connectivity index (χ0n) is 10.8. The number of para-hydroxylation sites is 1. The summed E-state index contributed by atoms with van der Waals surface area (Å²) in [4.78, 5) is 30.8. The maximum absolute atomic E-state index is 12.2. The molecule has 0 unspecified atom stereocenters. The lowest BCUT2D eigenvalue weighted by atomic mass is 10.3. The number of hydroxylamine groups is 1. The van der Waals surface area contributed by atoms with Gasteiger partial charge in [-0.2, -0.15) is 5.06 Å². The van der Waals surface area contributed by atoms with Crippen LogP contribution in [0.3, 0.4) is 0 Å². The third-order valence-corrected chi connectivity index (χ3v) is 2.94. The Labute approximate surface area is 111 Å². The van der Waals surface area contributed by atoms with E-state index in [1.165, 1.54) is 12.0 Å². The zero-order valence-corrected chi connectivity index (χ0v) is 10.8. The number of nitrogens with one attached hydrogen (secondary N) is 1. The maximum atomic E-state index is 12.2. The van der Waals surface area contributed by atoms with Crippen LogP contribution in [0.4, 0.5) is 5.69 Å². The molecule has 6 heteroatoms. The van der Waals surface area contributed by atoms with E-state index in [9.17, 15) is 9.59 Å². The second kappa shape index (κ2) is 6.31. The summed E-state index contributed by atoms with van der Waals surface area (Å²) in [6, 6.07) is 8.83. The van der Waals surface area contributed by atoms with Crippen molar-refractivity contribution in [1.82, 2.24) is 10.2 Å². The van der Waals surface area contributed by atoms with E-state index < -0.39 is 11.8 Å². The predicted octanol–water partition coefficient (Wildman–Crippen LogP) is 0.0128. The molecule has 0 spiro atoms. The van der Waals surface area contributed by atoms with Gasteiger partial charge in [0.05, 0.1) is 12.8 Å². The van der Waals surface area contributed by atoms with Crippen molar-refractivity contribution in [3.05, 3.63) is 30.3 Å². The van der Waals surface area contributed by atoms with Crippen LogP contribution in [0.25, 0.3) is 0 Å². The molecule has 1 heterocycles. The number of amides is 2. The summed E-state index contributed by atoms with van der Waals surface area (Å²) >= 11 is 0. The molecule has 1 fully saturated rings. The lowest BCUT2D eigenvalue weighted by Gasteiger charge is -2.28. The molecule has 0 saturated carbocycles. The van der Waals surface area contributed by atoms with Crippen LogP contribution in [0.15, 0.2) is 30.3 Å². The summed E-state index contributed by atoms with van der Waals surface area (Å²) in [6.45, 7) is 2.49. The summed E-state index contributed by atoms with van der Waals surface area (Å²) in [5.74, 6) is -1.21. The largest absolute Gasteiger partial charge is 0.340 e. The van der Waals surface area contributed by atoms with Crippen molar-refractivity contribution in [3.63, 3.8) is 0 Å². The summed E-state index contributed by atoms with van der Waals surface area (Å²) in [7, 11) is 1.37. The van der Waals surface area contributed by atoms with Crippen LogP contribution in [-0.2, 0) is 14.4 Å². The fraction of sp³-hybridized carbons (Fsp3) is 0.385. The average molecular weight is 263 g/mol. The van der Waals surface area contributed by atoms with E-state index in [-0.39, 0.29) is 0 Å². The minimum Gasteiger partial charge on any atom is -0.332 e. The van der Waals surface area contributed by atoms with Gasteiger partial charge in [0.15, 0.2) is 0 Å². The smallest absolute Gasteiger partial charge is 0.332 e. The Kier molecular flexibility index (Phi) is 4.48. The van der Waals surface area contributed by atoms with E-state index in [1.54, 1.807) is 24.3 Å². The third-order valence-electron chi connectivity index (χ3n) is 2.94. The molecule has 2 rings (SSSR count). The Morgan fingerprint density at radius 2 is 1.84 bits per heavy atom. The Bertz CT molecular complexity index is 444. The summed E-state index contributed by atoms with van der Waals surface area (Å²) in [5.41, 5.74) is 0.540. The molecule has 1 aliphatic rings. The molecule has 0 radical (unpaired) electrons. The van der Waals surface area contributed by atoms with Crippen molar-refractivity contribution in [2.24, 2.45) is 0 Å². The van der Waals surface area contributed by atoms with Gasteiger partial charge < -0.3 is 10.2 Å². The fourth-order valence-corrected chi connectivity index (χ4v) is 1.96. The minimum absolute atomic E-state index is 0.535. The first-order chi connectivity index (χ1) is 9.24. The van der Waals surface area contributed by atoms with E-state index >= 15 is 0 Å². The van der Waals surface area contributed by atoms with Gasteiger partial charge in [0.2, 0.25) is 0 Å². The molecule has 0 atom stereocenters. The van der Waals surface area contributed by atoms with Gasteiger partial charge in [-0.1, -0.05) is 18.2 Å². The number of carbonyl (C=O) groups is 2. The molecule has 0 aliphatic carbocycles. The molecule has 1 aromatic carbocycles. The van der Waals surface area contributed by atoms with E-state index in [0.29, 0.717) is 31.9 Å². The zero-order chi connectivity index (χ0) is 13.7. The molecule has 19 heavy (non-hydrogen) atoms. The molecular formula is C13H17N3O3. The summed E-state index contributed by atoms with van der Waals surface area (Å²) in [6.07, 6.45) is 0. The second-order valence-corrected chi connectivity index (χ2v) is 4.16. The normalized spacial score (nSPS) is 15.1. The van der Waals surface area contributed by atoms with Gasteiger partial charge in [-0.3, -0.25) is 14.4 Å². The lowest BCUT2D eigenvalue weighted by molar-refractivity contribution is -0.148. The third kappa shape index (κ3) is 3.10. The number of nitrogens with zero attached hydrogens (tertiary/aromatic N) is 2. The highest BCUT2D eigenvalue weighted by molar-refractivity contribution is 6.39. The quantitative estimate of drug-likeness (QED) is 0.603. The van der Waals surface area contributed by atoms with E-state index in [4.69, 9.17) is 4.84 Å². The topological polar surface area (TPSA) is 61.9 Å². The number of piperazine rings is 1. The van der Waals surface area contributed by atoms with Gasteiger partial charge in [0, 0.05) is 26.2 Å². The van der Waals surface area contributed by atoms with Gasteiger partial charge in [-0.25, -0.2) is 0 Å². The molecule has 0 bridgehead atoms. The molecule has 1 aromatic rings. The van der Waals surface area contributed by atoms with E-state index in [2.05, 4.69) is 5.32 Å². The number of carbonyl (C=O) groups excluding carboxylic acids is 2. The SMILES string of the molecule is CON(C(=O)C(=O)N1CCNCC1)c1ccccc1. The Morgan fingerprint density at radius 3 is 2.42 bits per heavy atom. The molecule has 1 saturated heterocycles. The Hall–Kier alpha value is -1.92. The van der Waals surface area contributed by atoms with Gasteiger partial charge in [-0.05, 0) is 12.1 Å². The molecule has 2 amide bonds. The van der Waals surface area contributed by atoms with Crippen LogP contribution in [0, 0.1) is 0 Å². The molecule has 0 aromatic heterocycles. The second-order valence-electron chi connectivity index (χ2n) is 4.16. The van der Waals surface area contributed by atoms with Crippen LogP contribution in [0.2, 0.25) is 0 Å². The van der Waals surface area contributed by atoms with Gasteiger partial charge >= 0.3 is 11.8 Å². The van der Waals surface area contributed by atoms with Crippen LogP contribution < -0.4 is 10.4 Å². The fourth-order valence-electron chi connectivity index (χ4n) is 1.96. The van der Waals surface area contributed by atoms with E-state index in [1.807, 2.05) is 6.07 Å². The molecule has 6 nitrogen and oxygen atoms in total. The first-order valence-electron chi connectivity index (χ1n) is 6.17. The number of hydrogen-bond donors (Lipinski definition) is 1.